The number of nitrogens with two attached hydrogens (primary N) is 1. The summed E-state index contributed by atoms with van der Waals surface area (Å²) in [4.78, 5) is 19.2. The molecule has 1 aromatic rings. The van der Waals surface area contributed by atoms with Gasteiger partial charge >= 0.3 is 0 Å². The Hall–Kier alpha value is -1.30. The quantitative estimate of drug-likeness (QED) is 0.890. The SMILES string of the molecule is CC1CCN(C(=O)c2sc(NC3CCC3)nc2N)C1. The van der Waals surface area contributed by atoms with Gasteiger partial charge in [-0.3, -0.25) is 4.79 Å². The minimum absolute atomic E-state index is 0.0426. The second-order valence-corrected chi connectivity index (χ2v) is 6.65. The number of nitrogens with zero attached hydrogens (tertiary/aromatic N) is 2. The van der Waals surface area contributed by atoms with E-state index in [1.165, 1.54) is 30.6 Å². The van der Waals surface area contributed by atoms with Crippen LogP contribution in [0.4, 0.5) is 10.9 Å². The van der Waals surface area contributed by atoms with E-state index >= 15 is 0 Å². The molecule has 1 saturated heterocycles. The Morgan fingerprint density at radius 2 is 2.26 bits per heavy atom. The van der Waals surface area contributed by atoms with Crippen LogP contribution < -0.4 is 11.1 Å². The number of likely N-dealkylation sites (tertiary alicyclic amines) is 1. The summed E-state index contributed by atoms with van der Waals surface area (Å²) in [5, 5.41) is 4.14. The molecule has 0 bridgehead atoms. The zero-order valence-corrected chi connectivity index (χ0v) is 12.0. The van der Waals surface area contributed by atoms with Crippen LogP contribution in [0, 0.1) is 5.92 Å². The zero-order valence-electron chi connectivity index (χ0n) is 11.2. The molecule has 1 amide bonds. The van der Waals surface area contributed by atoms with E-state index in [1.54, 1.807) is 0 Å². The van der Waals surface area contributed by atoms with Gasteiger partial charge in [0.1, 0.15) is 10.7 Å². The van der Waals surface area contributed by atoms with E-state index < -0.39 is 0 Å². The summed E-state index contributed by atoms with van der Waals surface area (Å²) in [6, 6.07) is 0.514. The summed E-state index contributed by atoms with van der Waals surface area (Å²) in [5.41, 5.74) is 5.89. The van der Waals surface area contributed by atoms with Crippen molar-refractivity contribution in [1.82, 2.24) is 9.88 Å². The molecule has 104 valence electrons. The number of anilines is 2. The number of rotatable bonds is 3. The Bertz CT molecular complexity index is 483. The molecule has 0 radical (unpaired) electrons. The summed E-state index contributed by atoms with van der Waals surface area (Å²) in [6.07, 6.45) is 4.73. The molecule has 1 saturated carbocycles. The minimum atomic E-state index is 0.0426. The van der Waals surface area contributed by atoms with Crippen molar-refractivity contribution in [2.24, 2.45) is 5.92 Å². The normalized spacial score (nSPS) is 23.4. The third kappa shape index (κ3) is 2.54. The van der Waals surface area contributed by atoms with Crippen LogP contribution in [0.3, 0.4) is 0 Å². The lowest BCUT2D eigenvalue weighted by atomic mass is 9.93. The highest BCUT2D eigenvalue weighted by atomic mass is 32.1. The smallest absolute Gasteiger partial charge is 0.267 e. The topological polar surface area (TPSA) is 71.2 Å². The lowest BCUT2D eigenvalue weighted by Crippen LogP contribution is -2.28. The molecule has 2 aliphatic rings. The lowest BCUT2D eigenvalue weighted by Gasteiger charge is -2.25. The Balaban J connectivity index is 1.70. The molecule has 2 heterocycles. The number of aromatic nitrogens is 1. The first-order valence-corrected chi connectivity index (χ1v) is 7.77. The fourth-order valence-corrected chi connectivity index (χ4v) is 3.47. The summed E-state index contributed by atoms with van der Waals surface area (Å²) < 4.78 is 0. The van der Waals surface area contributed by atoms with Gasteiger partial charge in [-0.05, 0) is 31.6 Å². The average Bonchev–Trinajstić information content (AvgIpc) is 2.90. The van der Waals surface area contributed by atoms with Crippen LogP contribution in [0.2, 0.25) is 0 Å². The standard InChI is InChI=1S/C13H20N4OS/c1-8-5-6-17(7-8)12(18)10-11(14)16-13(19-10)15-9-3-2-4-9/h8-9H,2-7,14H2,1H3,(H,15,16). The number of nitrogens with one attached hydrogen (secondary N) is 1. The molecular formula is C13H20N4OS. The Morgan fingerprint density at radius 1 is 1.47 bits per heavy atom. The van der Waals surface area contributed by atoms with Gasteiger partial charge in [0.25, 0.3) is 5.91 Å². The van der Waals surface area contributed by atoms with Crippen LogP contribution >= 0.6 is 11.3 Å². The molecule has 19 heavy (non-hydrogen) atoms. The second kappa shape index (κ2) is 5.00. The Labute approximate surface area is 117 Å². The first-order chi connectivity index (χ1) is 9.13. The zero-order chi connectivity index (χ0) is 13.4. The third-order valence-electron chi connectivity index (χ3n) is 3.99. The van der Waals surface area contributed by atoms with Crippen LogP contribution in [-0.4, -0.2) is 34.9 Å². The maximum Gasteiger partial charge on any atom is 0.267 e. The van der Waals surface area contributed by atoms with Crippen molar-refractivity contribution in [2.75, 3.05) is 24.1 Å². The highest BCUT2D eigenvalue weighted by molar-refractivity contribution is 7.18. The molecule has 3 rings (SSSR count). The highest BCUT2D eigenvalue weighted by Gasteiger charge is 2.28. The molecule has 1 aliphatic carbocycles. The molecule has 3 N–H and O–H groups in total. The molecular weight excluding hydrogens is 260 g/mol. The number of hydrogen-bond donors (Lipinski definition) is 2. The van der Waals surface area contributed by atoms with Gasteiger partial charge in [-0.2, -0.15) is 0 Å². The predicted molar refractivity (Wildman–Crippen MR) is 77.5 cm³/mol. The van der Waals surface area contributed by atoms with Crippen molar-refractivity contribution in [3.05, 3.63) is 4.88 Å². The summed E-state index contributed by atoms with van der Waals surface area (Å²) in [7, 11) is 0. The van der Waals surface area contributed by atoms with Gasteiger partial charge in [0.05, 0.1) is 0 Å². The summed E-state index contributed by atoms with van der Waals surface area (Å²) in [6.45, 7) is 3.84. The van der Waals surface area contributed by atoms with Crippen molar-refractivity contribution >= 4 is 28.2 Å². The lowest BCUT2D eigenvalue weighted by molar-refractivity contribution is 0.0793. The van der Waals surface area contributed by atoms with Gasteiger partial charge in [-0.25, -0.2) is 4.98 Å². The maximum atomic E-state index is 12.4. The van der Waals surface area contributed by atoms with Gasteiger partial charge < -0.3 is 16.0 Å². The van der Waals surface area contributed by atoms with Crippen LogP contribution in [0.5, 0.6) is 0 Å². The summed E-state index contributed by atoms with van der Waals surface area (Å²) >= 11 is 1.39. The first kappa shape index (κ1) is 12.7. The van der Waals surface area contributed by atoms with E-state index in [4.69, 9.17) is 5.73 Å². The molecule has 0 aromatic carbocycles. The monoisotopic (exact) mass is 280 g/mol. The van der Waals surface area contributed by atoms with Gasteiger partial charge in [-0.15, -0.1) is 0 Å². The number of amides is 1. The average molecular weight is 280 g/mol. The van der Waals surface area contributed by atoms with Gasteiger partial charge in [0.15, 0.2) is 5.13 Å². The van der Waals surface area contributed by atoms with Gasteiger partial charge in [-0.1, -0.05) is 18.3 Å². The largest absolute Gasteiger partial charge is 0.382 e. The van der Waals surface area contributed by atoms with E-state index in [9.17, 15) is 4.79 Å². The second-order valence-electron chi connectivity index (χ2n) is 5.65. The molecule has 6 heteroatoms. The molecule has 2 fully saturated rings. The van der Waals surface area contributed by atoms with E-state index in [2.05, 4.69) is 17.2 Å². The van der Waals surface area contributed by atoms with Crippen molar-refractivity contribution < 1.29 is 4.79 Å². The number of carbonyl (C=O) groups is 1. The third-order valence-corrected chi connectivity index (χ3v) is 4.98. The molecule has 5 nitrogen and oxygen atoms in total. The molecule has 1 unspecified atom stereocenters. The fourth-order valence-electron chi connectivity index (χ4n) is 2.54. The van der Waals surface area contributed by atoms with Gasteiger partial charge in [0.2, 0.25) is 0 Å². The Morgan fingerprint density at radius 3 is 2.84 bits per heavy atom. The van der Waals surface area contributed by atoms with E-state index in [1.807, 2.05) is 4.90 Å². The molecule has 1 aromatic heterocycles. The highest BCUT2D eigenvalue weighted by Crippen LogP contribution is 2.31. The minimum Gasteiger partial charge on any atom is -0.382 e. The van der Waals surface area contributed by atoms with Crippen molar-refractivity contribution in [3.63, 3.8) is 0 Å². The number of thiazole rings is 1. The summed E-state index contributed by atoms with van der Waals surface area (Å²) in [5.74, 6) is 1.00. The molecule has 1 aliphatic heterocycles. The van der Waals surface area contributed by atoms with Crippen LogP contribution in [0.25, 0.3) is 0 Å². The van der Waals surface area contributed by atoms with Crippen molar-refractivity contribution in [1.29, 1.82) is 0 Å². The van der Waals surface area contributed by atoms with E-state index in [-0.39, 0.29) is 5.91 Å². The van der Waals surface area contributed by atoms with Crippen LogP contribution in [-0.2, 0) is 0 Å². The van der Waals surface area contributed by atoms with Crippen molar-refractivity contribution in [3.8, 4) is 0 Å². The van der Waals surface area contributed by atoms with Crippen molar-refractivity contribution in [2.45, 2.75) is 38.6 Å². The number of carbonyl (C=O) groups excluding carboxylic acids is 1. The number of nitrogen functional groups attached to an aromatic ring is 1. The van der Waals surface area contributed by atoms with E-state index in [0.29, 0.717) is 22.7 Å². The van der Waals surface area contributed by atoms with Gasteiger partial charge in [0, 0.05) is 19.1 Å². The van der Waals surface area contributed by atoms with E-state index in [0.717, 1.165) is 24.6 Å². The maximum absolute atomic E-state index is 12.4. The van der Waals surface area contributed by atoms with Crippen LogP contribution in [0.1, 0.15) is 42.3 Å². The molecule has 0 spiro atoms. The van der Waals surface area contributed by atoms with Crippen LogP contribution in [0.15, 0.2) is 0 Å². The number of hydrogen-bond acceptors (Lipinski definition) is 5. The predicted octanol–water partition coefficient (Wildman–Crippen LogP) is 2.17. The Kier molecular flexibility index (Phi) is 3.35. The molecule has 1 atom stereocenters. The first-order valence-electron chi connectivity index (χ1n) is 6.95. The fraction of sp³-hybridized carbons (Fsp3) is 0.692.